The van der Waals surface area contributed by atoms with Gasteiger partial charge in [-0.25, -0.2) is 15.0 Å². The molecule has 0 aliphatic carbocycles. The zero-order valence-electron chi connectivity index (χ0n) is 33.5. The molecule has 0 spiro atoms. The SMILES string of the molecule is c1ccc(-c2ccc(-c3nc(-c4cccc(-c5cccc6c5sc5ccccc56)c4)nc(-c4ccc(-c5ccccc5)c(-n5c6ccccc6c6ccccc65)c4)n3)cc2)cc1. The van der Waals surface area contributed by atoms with Crippen LogP contribution in [0.15, 0.2) is 218 Å². The van der Waals surface area contributed by atoms with Crippen molar-refractivity contribution in [1.82, 2.24) is 19.5 Å². The van der Waals surface area contributed by atoms with Crippen molar-refractivity contribution in [2.24, 2.45) is 0 Å². The molecular formula is C57H36N4S. The summed E-state index contributed by atoms with van der Waals surface area (Å²) in [5, 5.41) is 4.98. The molecule has 0 atom stereocenters. The fourth-order valence-electron chi connectivity index (χ4n) is 8.91. The summed E-state index contributed by atoms with van der Waals surface area (Å²) < 4.78 is 4.95. The van der Waals surface area contributed by atoms with Gasteiger partial charge in [0.05, 0.1) is 16.7 Å². The van der Waals surface area contributed by atoms with E-state index in [9.17, 15) is 0 Å². The molecule has 12 rings (SSSR count). The Bertz CT molecular complexity index is 3570. The van der Waals surface area contributed by atoms with Crippen LogP contribution in [0.2, 0.25) is 0 Å². The highest BCUT2D eigenvalue weighted by Crippen LogP contribution is 2.42. The average Bonchev–Trinajstić information content (AvgIpc) is 3.90. The lowest BCUT2D eigenvalue weighted by atomic mass is 10.00. The van der Waals surface area contributed by atoms with Gasteiger partial charge in [0.15, 0.2) is 17.5 Å². The molecule has 12 aromatic rings. The highest BCUT2D eigenvalue weighted by Gasteiger charge is 2.20. The second kappa shape index (κ2) is 14.9. The first-order chi connectivity index (χ1) is 30.7. The minimum Gasteiger partial charge on any atom is -0.309 e. The predicted molar refractivity (Wildman–Crippen MR) is 260 cm³/mol. The highest BCUT2D eigenvalue weighted by atomic mass is 32.1. The largest absolute Gasteiger partial charge is 0.309 e. The first-order valence-electron chi connectivity index (χ1n) is 20.8. The zero-order valence-corrected chi connectivity index (χ0v) is 34.3. The van der Waals surface area contributed by atoms with Crippen LogP contribution < -0.4 is 0 Å². The second-order valence-corrected chi connectivity index (χ2v) is 16.6. The molecule has 4 nitrogen and oxygen atoms in total. The molecular weight excluding hydrogens is 773 g/mol. The molecule has 0 aliphatic rings. The maximum Gasteiger partial charge on any atom is 0.164 e. The van der Waals surface area contributed by atoms with Crippen molar-refractivity contribution in [2.45, 2.75) is 0 Å². The van der Waals surface area contributed by atoms with Gasteiger partial charge >= 0.3 is 0 Å². The normalized spacial score (nSPS) is 11.5. The summed E-state index contributed by atoms with van der Waals surface area (Å²) in [4.78, 5) is 15.8. The van der Waals surface area contributed by atoms with E-state index in [1.165, 1.54) is 36.5 Å². The monoisotopic (exact) mass is 808 g/mol. The van der Waals surface area contributed by atoms with Crippen LogP contribution in [0, 0.1) is 0 Å². The van der Waals surface area contributed by atoms with Crippen molar-refractivity contribution in [3.63, 3.8) is 0 Å². The van der Waals surface area contributed by atoms with Crippen molar-refractivity contribution in [3.8, 4) is 73.2 Å². The van der Waals surface area contributed by atoms with E-state index in [1.807, 2.05) is 17.4 Å². The van der Waals surface area contributed by atoms with Crippen LogP contribution in [0.5, 0.6) is 0 Å². The van der Waals surface area contributed by atoms with Crippen LogP contribution in [0.1, 0.15) is 0 Å². The fraction of sp³-hybridized carbons (Fsp3) is 0. The summed E-state index contributed by atoms with van der Waals surface area (Å²) in [7, 11) is 0. The van der Waals surface area contributed by atoms with Crippen molar-refractivity contribution in [3.05, 3.63) is 218 Å². The van der Waals surface area contributed by atoms with Crippen molar-refractivity contribution < 1.29 is 0 Å². The number of thiophene rings is 1. The molecule has 62 heavy (non-hydrogen) atoms. The molecule has 0 radical (unpaired) electrons. The summed E-state index contributed by atoms with van der Waals surface area (Å²) >= 11 is 1.84. The van der Waals surface area contributed by atoms with Crippen LogP contribution in [0.4, 0.5) is 0 Å². The predicted octanol–water partition coefficient (Wildman–Crippen LogP) is 15.3. The Labute approximate surface area is 362 Å². The molecule has 0 saturated carbocycles. The fourth-order valence-corrected chi connectivity index (χ4v) is 10.1. The maximum atomic E-state index is 5.32. The smallest absolute Gasteiger partial charge is 0.164 e. The maximum absolute atomic E-state index is 5.32. The van der Waals surface area contributed by atoms with Gasteiger partial charge in [-0.3, -0.25) is 0 Å². The van der Waals surface area contributed by atoms with E-state index in [0.29, 0.717) is 17.5 Å². The summed E-state index contributed by atoms with van der Waals surface area (Å²) in [5.74, 6) is 1.84. The molecule has 0 unspecified atom stereocenters. The van der Waals surface area contributed by atoms with Gasteiger partial charge < -0.3 is 4.57 Å². The van der Waals surface area contributed by atoms with Crippen LogP contribution in [0.3, 0.4) is 0 Å². The molecule has 3 aromatic heterocycles. The van der Waals surface area contributed by atoms with E-state index in [0.717, 1.165) is 61.2 Å². The number of hydrogen-bond acceptors (Lipinski definition) is 4. The Morgan fingerprint density at radius 2 is 0.790 bits per heavy atom. The molecule has 0 bridgehead atoms. The van der Waals surface area contributed by atoms with Crippen molar-refractivity contribution in [2.75, 3.05) is 0 Å². The molecule has 0 fully saturated rings. The second-order valence-electron chi connectivity index (χ2n) is 15.6. The molecule has 0 saturated heterocycles. The van der Waals surface area contributed by atoms with Crippen molar-refractivity contribution >= 4 is 53.3 Å². The molecule has 3 heterocycles. The van der Waals surface area contributed by atoms with Gasteiger partial charge in [0.2, 0.25) is 0 Å². The van der Waals surface area contributed by atoms with E-state index in [2.05, 4.69) is 217 Å². The number of nitrogens with zero attached hydrogens (tertiary/aromatic N) is 4. The Morgan fingerprint density at radius 3 is 1.50 bits per heavy atom. The van der Waals surface area contributed by atoms with Crippen LogP contribution in [0.25, 0.3) is 115 Å². The molecule has 0 amide bonds. The third-order valence-corrected chi connectivity index (χ3v) is 13.1. The summed E-state index contributed by atoms with van der Waals surface area (Å²) in [5.41, 5.74) is 13.0. The topological polar surface area (TPSA) is 43.6 Å². The van der Waals surface area contributed by atoms with Gasteiger partial charge in [0.25, 0.3) is 0 Å². The Balaban J connectivity index is 1.06. The first kappa shape index (κ1) is 35.9. The third-order valence-electron chi connectivity index (χ3n) is 11.9. The van der Waals surface area contributed by atoms with Gasteiger partial charge in [0.1, 0.15) is 0 Å². The molecule has 9 aromatic carbocycles. The Hall–Kier alpha value is -7.99. The number of hydrogen-bond donors (Lipinski definition) is 0. The molecule has 0 N–H and O–H groups in total. The van der Waals surface area contributed by atoms with Crippen LogP contribution in [-0.2, 0) is 0 Å². The number of fused-ring (bicyclic) bond motifs is 6. The summed E-state index contributed by atoms with van der Waals surface area (Å²) in [6.45, 7) is 0. The standard InChI is InChI=1S/C57H36N4S/c1-3-15-37(16-4-1)38-29-31-40(32-30-38)55-58-56(42-20-13-19-41(35-42)45-24-14-25-49-48-23-9-12-28-53(48)62-54(45)49)60-57(59-55)43-33-34-44(39-17-5-2-6-18-39)52(36-43)61-50-26-10-7-21-46(50)47-22-8-11-27-51(47)61/h1-36H. The van der Waals surface area contributed by atoms with E-state index in [-0.39, 0.29) is 0 Å². The van der Waals surface area contributed by atoms with Gasteiger partial charge in [-0.2, -0.15) is 0 Å². The van der Waals surface area contributed by atoms with Crippen LogP contribution in [-0.4, -0.2) is 19.5 Å². The Kier molecular flexibility index (Phi) is 8.65. The van der Waals surface area contributed by atoms with E-state index < -0.39 is 0 Å². The van der Waals surface area contributed by atoms with E-state index in [4.69, 9.17) is 15.0 Å². The molecule has 5 heteroatoms. The quantitative estimate of drug-likeness (QED) is 0.161. The highest BCUT2D eigenvalue weighted by molar-refractivity contribution is 7.26. The van der Waals surface area contributed by atoms with Gasteiger partial charge in [-0.1, -0.05) is 188 Å². The number of aromatic nitrogens is 4. The number of benzene rings is 9. The van der Waals surface area contributed by atoms with Gasteiger partial charge in [-0.15, -0.1) is 11.3 Å². The zero-order chi connectivity index (χ0) is 41.0. The molecule has 0 aliphatic heterocycles. The van der Waals surface area contributed by atoms with Crippen LogP contribution >= 0.6 is 11.3 Å². The average molecular weight is 809 g/mol. The lowest BCUT2D eigenvalue weighted by Gasteiger charge is -2.16. The minimum absolute atomic E-state index is 0.607. The lowest BCUT2D eigenvalue weighted by Crippen LogP contribution is -2.02. The summed E-state index contributed by atoms with van der Waals surface area (Å²) in [6, 6.07) is 77.4. The minimum atomic E-state index is 0.607. The van der Waals surface area contributed by atoms with Gasteiger partial charge in [-0.05, 0) is 58.1 Å². The third kappa shape index (κ3) is 6.18. The van der Waals surface area contributed by atoms with E-state index >= 15 is 0 Å². The van der Waals surface area contributed by atoms with Crippen molar-refractivity contribution in [1.29, 1.82) is 0 Å². The number of para-hydroxylation sites is 2. The molecule has 290 valence electrons. The van der Waals surface area contributed by atoms with E-state index in [1.54, 1.807) is 0 Å². The summed E-state index contributed by atoms with van der Waals surface area (Å²) in [6.07, 6.45) is 0. The number of rotatable bonds is 7. The first-order valence-corrected chi connectivity index (χ1v) is 21.7. The lowest BCUT2D eigenvalue weighted by molar-refractivity contribution is 1.07. The Morgan fingerprint density at radius 1 is 0.306 bits per heavy atom. The van der Waals surface area contributed by atoms with Gasteiger partial charge in [0, 0.05) is 53.2 Å².